The van der Waals surface area contributed by atoms with Gasteiger partial charge in [0.15, 0.2) is 0 Å². The van der Waals surface area contributed by atoms with Gasteiger partial charge >= 0.3 is 0 Å². The highest BCUT2D eigenvalue weighted by molar-refractivity contribution is 7.09. The molecule has 3 atom stereocenters. The van der Waals surface area contributed by atoms with E-state index in [1.54, 1.807) is 11.3 Å². The minimum Gasteiger partial charge on any atom is -0.371 e. The molecule has 2 saturated heterocycles. The number of aryl methyl sites for hydroxylation is 1. The normalized spacial score (nSPS) is 25.8. The van der Waals surface area contributed by atoms with E-state index in [1.807, 2.05) is 36.6 Å². The number of morpholine rings is 1. The molecule has 138 valence electrons. The van der Waals surface area contributed by atoms with E-state index in [-0.39, 0.29) is 18.1 Å². The fourth-order valence-electron chi connectivity index (χ4n) is 3.79. The van der Waals surface area contributed by atoms with Crippen LogP contribution in [-0.4, -0.2) is 47.6 Å². The van der Waals surface area contributed by atoms with E-state index in [0.29, 0.717) is 19.1 Å². The van der Waals surface area contributed by atoms with Crippen molar-refractivity contribution in [1.29, 1.82) is 0 Å². The first kappa shape index (κ1) is 17.9. The molecule has 5 nitrogen and oxygen atoms in total. The average Bonchev–Trinajstić information content (AvgIpc) is 3.20. The SMILES string of the molecule is Cc1nc(CC(=O)N[C@@H]2C[C@H]3CO[C@@H](c4ccc(Cl)cc4)CN3C2)cs1. The Hall–Kier alpha value is -1.47. The lowest BCUT2D eigenvalue weighted by Crippen LogP contribution is -2.43. The third kappa shape index (κ3) is 4.09. The van der Waals surface area contributed by atoms with E-state index in [1.165, 1.54) is 0 Å². The van der Waals surface area contributed by atoms with Gasteiger partial charge in [-0.1, -0.05) is 23.7 Å². The number of hydrogen-bond donors (Lipinski definition) is 1. The lowest BCUT2D eigenvalue weighted by atomic mass is 10.1. The monoisotopic (exact) mass is 391 g/mol. The molecule has 2 fully saturated rings. The number of amides is 1. The summed E-state index contributed by atoms with van der Waals surface area (Å²) in [7, 11) is 0. The number of aromatic nitrogens is 1. The maximum atomic E-state index is 12.3. The van der Waals surface area contributed by atoms with Crippen LogP contribution in [0.3, 0.4) is 0 Å². The van der Waals surface area contributed by atoms with Crippen LogP contribution in [0.15, 0.2) is 29.6 Å². The Bertz CT molecular complexity index is 779. The lowest BCUT2D eigenvalue weighted by Gasteiger charge is -2.35. The third-order valence-electron chi connectivity index (χ3n) is 5.03. The Morgan fingerprint density at radius 3 is 2.92 bits per heavy atom. The second-order valence-corrected chi connectivity index (χ2v) is 8.51. The summed E-state index contributed by atoms with van der Waals surface area (Å²) < 4.78 is 6.06. The van der Waals surface area contributed by atoms with E-state index in [4.69, 9.17) is 16.3 Å². The molecule has 1 aromatic carbocycles. The van der Waals surface area contributed by atoms with Crippen LogP contribution >= 0.6 is 22.9 Å². The second-order valence-electron chi connectivity index (χ2n) is 7.02. The van der Waals surface area contributed by atoms with Crippen molar-refractivity contribution < 1.29 is 9.53 Å². The van der Waals surface area contributed by atoms with Crippen LogP contribution in [-0.2, 0) is 16.0 Å². The van der Waals surface area contributed by atoms with Crippen LogP contribution in [0.1, 0.15) is 28.8 Å². The number of nitrogens with one attached hydrogen (secondary N) is 1. The summed E-state index contributed by atoms with van der Waals surface area (Å²) in [6.45, 7) is 4.38. The predicted octanol–water partition coefficient (Wildman–Crippen LogP) is 2.98. The van der Waals surface area contributed by atoms with Crippen molar-refractivity contribution in [3.8, 4) is 0 Å². The fourth-order valence-corrected chi connectivity index (χ4v) is 4.53. The van der Waals surface area contributed by atoms with Crippen LogP contribution < -0.4 is 5.32 Å². The number of halogens is 1. The van der Waals surface area contributed by atoms with E-state index >= 15 is 0 Å². The van der Waals surface area contributed by atoms with Crippen LogP contribution in [0.4, 0.5) is 0 Å². The number of carbonyl (C=O) groups is 1. The Labute approximate surface area is 162 Å². The summed E-state index contributed by atoms with van der Waals surface area (Å²) in [5.74, 6) is 0.0512. The molecule has 2 aromatic rings. The van der Waals surface area contributed by atoms with Gasteiger partial charge in [0.05, 0.1) is 29.8 Å². The maximum absolute atomic E-state index is 12.3. The van der Waals surface area contributed by atoms with Crippen molar-refractivity contribution in [1.82, 2.24) is 15.2 Å². The van der Waals surface area contributed by atoms with Crippen molar-refractivity contribution in [3.05, 3.63) is 50.9 Å². The molecule has 1 N–H and O–H groups in total. The average molecular weight is 392 g/mol. The summed E-state index contributed by atoms with van der Waals surface area (Å²) in [5, 5.41) is 6.86. The highest BCUT2D eigenvalue weighted by Crippen LogP contribution is 2.30. The van der Waals surface area contributed by atoms with E-state index < -0.39 is 0 Å². The molecular weight excluding hydrogens is 370 g/mol. The molecule has 0 radical (unpaired) electrons. The molecule has 4 rings (SSSR count). The smallest absolute Gasteiger partial charge is 0.226 e. The number of ether oxygens (including phenoxy) is 1. The van der Waals surface area contributed by atoms with Gasteiger partial charge in [-0.25, -0.2) is 4.98 Å². The third-order valence-corrected chi connectivity index (χ3v) is 6.11. The standard InChI is InChI=1S/C19H22ClN3O2S/c1-12-21-16(11-26-12)7-19(24)22-15-6-17-10-25-18(9-23(17)8-15)13-2-4-14(20)5-3-13/h2-5,11,15,17-18H,6-10H2,1H3,(H,22,24)/t15-,17+,18-/m1/s1. The van der Waals surface area contributed by atoms with Crippen LogP contribution in [0.2, 0.25) is 5.02 Å². The zero-order valence-corrected chi connectivity index (χ0v) is 16.2. The highest BCUT2D eigenvalue weighted by atomic mass is 35.5. The van der Waals surface area contributed by atoms with Gasteiger partial charge in [-0.15, -0.1) is 11.3 Å². The zero-order valence-electron chi connectivity index (χ0n) is 14.7. The number of hydrogen-bond acceptors (Lipinski definition) is 5. The molecule has 0 aliphatic carbocycles. The highest BCUT2D eigenvalue weighted by Gasteiger charge is 2.38. The van der Waals surface area contributed by atoms with Gasteiger partial charge in [0, 0.05) is 35.6 Å². The molecule has 1 amide bonds. The number of rotatable bonds is 4. The molecule has 7 heteroatoms. The van der Waals surface area contributed by atoms with Gasteiger partial charge < -0.3 is 10.1 Å². The van der Waals surface area contributed by atoms with E-state index in [0.717, 1.165) is 40.8 Å². The fraction of sp³-hybridized carbons (Fsp3) is 0.474. The Balaban J connectivity index is 1.31. The van der Waals surface area contributed by atoms with Gasteiger partial charge in [0.1, 0.15) is 0 Å². The summed E-state index contributed by atoms with van der Waals surface area (Å²) in [4.78, 5) is 19.1. The first-order valence-electron chi connectivity index (χ1n) is 8.88. The van der Waals surface area contributed by atoms with Gasteiger partial charge in [0.2, 0.25) is 5.91 Å². The number of nitrogens with zero attached hydrogens (tertiary/aromatic N) is 2. The molecule has 0 spiro atoms. The Morgan fingerprint density at radius 1 is 1.38 bits per heavy atom. The molecular formula is C19H22ClN3O2S. The Morgan fingerprint density at radius 2 is 2.19 bits per heavy atom. The van der Waals surface area contributed by atoms with Crippen molar-refractivity contribution in [2.75, 3.05) is 19.7 Å². The van der Waals surface area contributed by atoms with Gasteiger partial charge in [-0.3, -0.25) is 9.69 Å². The van der Waals surface area contributed by atoms with Gasteiger partial charge in [-0.05, 0) is 31.0 Å². The predicted molar refractivity (Wildman–Crippen MR) is 103 cm³/mol. The lowest BCUT2D eigenvalue weighted by molar-refractivity contribution is -0.121. The number of thiazole rings is 1. The van der Waals surface area contributed by atoms with Gasteiger partial charge in [-0.2, -0.15) is 0 Å². The van der Waals surface area contributed by atoms with E-state index in [9.17, 15) is 4.79 Å². The van der Waals surface area contributed by atoms with Gasteiger partial charge in [0.25, 0.3) is 0 Å². The quantitative estimate of drug-likeness (QED) is 0.870. The summed E-state index contributed by atoms with van der Waals surface area (Å²) in [5.41, 5.74) is 2.01. The molecule has 3 heterocycles. The second kappa shape index (κ2) is 7.64. The first-order valence-corrected chi connectivity index (χ1v) is 10.1. The summed E-state index contributed by atoms with van der Waals surface area (Å²) in [6, 6.07) is 8.42. The number of carbonyl (C=O) groups excluding carboxylic acids is 1. The van der Waals surface area contributed by atoms with Crippen LogP contribution in [0.5, 0.6) is 0 Å². The largest absolute Gasteiger partial charge is 0.371 e. The number of benzene rings is 1. The molecule has 2 aliphatic rings. The molecule has 0 saturated carbocycles. The first-order chi connectivity index (χ1) is 12.6. The number of fused-ring (bicyclic) bond motifs is 1. The summed E-state index contributed by atoms with van der Waals surface area (Å²) in [6.07, 6.45) is 1.36. The van der Waals surface area contributed by atoms with Crippen molar-refractivity contribution in [2.45, 2.75) is 38.0 Å². The molecule has 0 unspecified atom stereocenters. The molecule has 26 heavy (non-hydrogen) atoms. The molecule has 0 bridgehead atoms. The minimum atomic E-state index is 0.0512. The maximum Gasteiger partial charge on any atom is 0.226 e. The van der Waals surface area contributed by atoms with Crippen LogP contribution in [0.25, 0.3) is 0 Å². The van der Waals surface area contributed by atoms with E-state index in [2.05, 4.69) is 15.2 Å². The van der Waals surface area contributed by atoms with Crippen molar-refractivity contribution >= 4 is 28.8 Å². The Kier molecular flexibility index (Phi) is 5.27. The minimum absolute atomic E-state index is 0.0512. The topological polar surface area (TPSA) is 54.5 Å². The van der Waals surface area contributed by atoms with Crippen molar-refractivity contribution in [3.63, 3.8) is 0 Å². The summed E-state index contributed by atoms with van der Waals surface area (Å²) >= 11 is 7.55. The molecule has 1 aromatic heterocycles. The van der Waals surface area contributed by atoms with Crippen LogP contribution in [0, 0.1) is 6.92 Å². The zero-order chi connectivity index (χ0) is 18.1. The van der Waals surface area contributed by atoms with Crippen molar-refractivity contribution in [2.24, 2.45) is 0 Å². The molecule has 2 aliphatic heterocycles.